The van der Waals surface area contributed by atoms with E-state index >= 15 is 0 Å². The number of aromatic nitrogens is 4. The van der Waals surface area contributed by atoms with Gasteiger partial charge in [-0.3, -0.25) is 4.98 Å². The highest BCUT2D eigenvalue weighted by Crippen LogP contribution is 2.33. The first-order chi connectivity index (χ1) is 13.0. The third-order valence-electron chi connectivity index (χ3n) is 4.63. The summed E-state index contributed by atoms with van der Waals surface area (Å²) in [6, 6.07) is 5.83. The fourth-order valence-electron chi connectivity index (χ4n) is 3.48. The SMILES string of the molecule is Cc1cc(-c2cnc(N3C[C@@H](C)O[C@H](C)C3)nc2-c2cccnc2C)on1. The second-order valence-corrected chi connectivity index (χ2v) is 7.06. The van der Waals surface area contributed by atoms with Crippen LogP contribution in [0.4, 0.5) is 5.95 Å². The predicted octanol–water partition coefficient (Wildman–Crippen LogP) is 3.42. The Morgan fingerprint density at radius 2 is 1.85 bits per heavy atom. The van der Waals surface area contributed by atoms with Gasteiger partial charge in [0.25, 0.3) is 0 Å². The molecule has 0 radical (unpaired) electrons. The van der Waals surface area contributed by atoms with Crippen molar-refractivity contribution in [1.82, 2.24) is 20.1 Å². The molecule has 2 atom stereocenters. The van der Waals surface area contributed by atoms with E-state index < -0.39 is 0 Å². The molecule has 4 rings (SSSR count). The minimum Gasteiger partial charge on any atom is -0.372 e. The van der Waals surface area contributed by atoms with Gasteiger partial charge in [0.2, 0.25) is 5.95 Å². The molecule has 4 heterocycles. The van der Waals surface area contributed by atoms with Crippen LogP contribution in [0.2, 0.25) is 0 Å². The lowest BCUT2D eigenvalue weighted by Gasteiger charge is -2.35. The molecule has 1 aliphatic rings. The lowest BCUT2D eigenvalue weighted by atomic mass is 10.0. The summed E-state index contributed by atoms with van der Waals surface area (Å²) in [6.45, 7) is 9.53. The van der Waals surface area contributed by atoms with Gasteiger partial charge in [0.1, 0.15) is 0 Å². The molecule has 0 aromatic carbocycles. The maximum Gasteiger partial charge on any atom is 0.226 e. The molecule has 0 unspecified atom stereocenters. The Morgan fingerprint density at radius 1 is 1.07 bits per heavy atom. The van der Waals surface area contributed by atoms with Crippen LogP contribution >= 0.6 is 0 Å². The molecule has 27 heavy (non-hydrogen) atoms. The zero-order chi connectivity index (χ0) is 19.0. The minimum absolute atomic E-state index is 0.137. The first kappa shape index (κ1) is 17.6. The van der Waals surface area contributed by atoms with Gasteiger partial charge in [-0.2, -0.15) is 0 Å². The first-order valence-corrected chi connectivity index (χ1v) is 9.14. The van der Waals surface area contributed by atoms with E-state index in [1.807, 2.05) is 38.2 Å². The lowest BCUT2D eigenvalue weighted by Crippen LogP contribution is -2.46. The predicted molar refractivity (Wildman–Crippen MR) is 102 cm³/mol. The van der Waals surface area contributed by atoms with Gasteiger partial charge in [0, 0.05) is 42.8 Å². The second kappa shape index (κ2) is 7.08. The molecule has 1 aliphatic heterocycles. The summed E-state index contributed by atoms with van der Waals surface area (Å²) in [7, 11) is 0. The van der Waals surface area contributed by atoms with Crippen molar-refractivity contribution >= 4 is 5.95 Å². The number of hydrogen-bond acceptors (Lipinski definition) is 7. The molecule has 0 bridgehead atoms. The zero-order valence-electron chi connectivity index (χ0n) is 16.0. The molecule has 1 saturated heterocycles. The molecule has 1 fully saturated rings. The Bertz CT molecular complexity index is 945. The highest BCUT2D eigenvalue weighted by Gasteiger charge is 2.26. The van der Waals surface area contributed by atoms with Crippen molar-refractivity contribution in [3.8, 4) is 22.6 Å². The smallest absolute Gasteiger partial charge is 0.226 e. The average Bonchev–Trinajstić information content (AvgIpc) is 3.07. The van der Waals surface area contributed by atoms with Crippen molar-refractivity contribution in [3.63, 3.8) is 0 Å². The molecule has 7 heteroatoms. The van der Waals surface area contributed by atoms with Crippen LogP contribution in [0.25, 0.3) is 22.6 Å². The summed E-state index contributed by atoms with van der Waals surface area (Å²) in [5, 5.41) is 4.01. The summed E-state index contributed by atoms with van der Waals surface area (Å²) < 4.78 is 11.3. The Balaban J connectivity index is 1.83. The third-order valence-corrected chi connectivity index (χ3v) is 4.63. The average molecular weight is 365 g/mol. The normalized spacial score (nSPS) is 20.1. The van der Waals surface area contributed by atoms with E-state index in [0.29, 0.717) is 11.7 Å². The van der Waals surface area contributed by atoms with Crippen LogP contribution in [0.15, 0.2) is 35.1 Å². The molecule has 0 aliphatic carbocycles. The van der Waals surface area contributed by atoms with E-state index in [1.165, 1.54) is 0 Å². The van der Waals surface area contributed by atoms with Crippen LogP contribution in [-0.2, 0) is 4.74 Å². The van der Waals surface area contributed by atoms with Crippen molar-refractivity contribution < 1.29 is 9.26 Å². The quantitative estimate of drug-likeness (QED) is 0.704. The summed E-state index contributed by atoms with van der Waals surface area (Å²) in [5.41, 5.74) is 4.29. The summed E-state index contributed by atoms with van der Waals surface area (Å²) in [6.07, 6.45) is 3.87. The van der Waals surface area contributed by atoms with Crippen LogP contribution in [0.5, 0.6) is 0 Å². The van der Waals surface area contributed by atoms with Gasteiger partial charge >= 0.3 is 0 Å². The topological polar surface area (TPSA) is 77.2 Å². The van der Waals surface area contributed by atoms with E-state index in [1.54, 1.807) is 6.20 Å². The number of pyridine rings is 1. The zero-order valence-corrected chi connectivity index (χ0v) is 16.0. The van der Waals surface area contributed by atoms with E-state index in [9.17, 15) is 0 Å². The number of rotatable bonds is 3. The molecular formula is C20H23N5O2. The second-order valence-electron chi connectivity index (χ2n) is 7.06. The maximum absolute atomic E-state index is 5.84. The van der Waals surface area contributed by atoms with Gasteiger partial charge in [-0.25, -0.2) is 9.97 Å². The van der Waals surface area contributed by atoms with Crippen molar-refractivity contribution in [3.05, 3.63) is 42.0 Å². The van der Waals surface area contributed by atoms with Gasteiger partial charge < -0.3 is 14.2 Å². The summed E-state index contributed by atoms with van der Waals surface area (Å²) >= 11 is 0. The fourth-order valence-corrected chi connectivity index (χ4v) is 3.48. The lowest BCUT2D eigenvalue weighted by molar-refractivity contribution is -0.00571. The Labute approximate surface area is 158 Å². The van der Waals surface area contributed by atoms with Gasteiger partial charge in [0.15, 0.2) is 5.76 Å². The van der Waals surface area contributed by atoms with E-state index in [0.717, 1.165) is 41.3 Å². The largest absolute Gasteiger partial charge is 0.372 e. The first-order valence-electron chi connectivity index (χ1n) is 9.14. The molecule has 3 aromatic heterocycles. The minimum atomic E-state index is 0.137. The number of nitrogens with zero attached hydrogens (tertiary/aromatic N) is 5. The van der Waals surface area contributed by atoms with E-state index in [4.69, 9.17) is 14.2 Å². The van der Waals surface area contributed by atoms with Gasteiger partial charge in [0.05, 0.1) is 29.2 Å². The van der Waals surface area contributed by atoms with E-state index in [2.05, 4.69) is 33.9 Å². The number of aryl methyl sites for hydroxylation is 2. The Kier molecular flexibility index (Phi) is 4.61. The van der Waals surface area contributed by atoms with Crippen molar-refractivity contribution in [2.45, 2.75) is 39.9 Å². The molecule has 3 aromatic rings. The van der Waals surface area contributed by atoms with Gasteiger partial charge in [-0.05, 0) is 39.8 Å². The summed E-state index contributed by atoms with van der Waals surface area (Å²) in [5.74, 6) is 1.34. The third kappa shape index (κ3) is 3.55. The van der Waals surface area contributed by atoms with Crippen LogP contribution in [-0.4, -0.2) is 45.4 Å². The van der Waals surface area contributed by atoms with Crippen LogP contribution in [0.1, 0.15) is 25.2 Å². The standard InChI is InChI=1S/C20H23N5O2/c1-12-8-18(27-24-12)17-9-22-20(25-10-13(2)26-14(3)11-25)23-19(17)16-6-5-7-21-15(16)4/h5-9,13-14H,10-11H2,1-4H3/t13-,14-/m1/s1. The number of anilines is 1. The molecule has 140 valence electrons. The molecule has 0 spiro atoms. The fraction of sp³-hybridized carbons (Fsp3) is 0.400. The van der Waals surface area contributed by atoms with Crippen LogP contribution < -0.4 is 4.90 Å². The van der Waals surface area contributed by atoms with Crippen molar-refractivity contribution in [1.29, 1.82) is 0 Å². The van der Waals surface area contributed by atoms with Crippen LogP contribution in [0, 0.1) is 13.8 Å². The number of ether oxygens (including phenoxy) is 1. The van der Waals surface area contributed by atoms with Crippen molar-refractivity contribution in [2.24, 2.45) is 0 Å². The molecule has 7 nitrogen and oxygen atoms in total. The monoisotopic (exact) mass is 365 g/mol. The Morgan fingerprint density at radius 3 is 2.52 bits per heavy atom. The Hall–Kier alpha value is -2.80. The summed E-state index contributed by atoms with van der Waals surface area (Å²) in [4.78, 5) is 16.1. The van der Waals surface area contributed by atoms with Gasteiger partial charge in [-0.1, -0.05) is 5.16 Å². The van der Waals surface area contributed by atoms with E-state index in [-0.39, 0.29) is 12.2 Å². The number of hydrogen-bond donors (Lipinski definition) is 0. The highest BCUT2D eigenvalue weighted by molar-refractivity contribution is 5.79. The van der Waals surface area contributed by atoms with Gasteiger partial charge in [-0.15, -0.1) is 0 Å². The molecule has 0 N–H and O–H groups in total. The number of morpholine rings is 1. The highest BCUT2D eigenvalue weighted by atomic mass is 16.5. The van der Waals surface area contributed by atoms with Crippen LogP contribution in [0.3, 0.4) is 0 Å². The van der Waals surface area contributed by atoms with Crippen molar-refractivity contribution in [2.75, 3.05) is 18.0 Å². The molecule has 0 amide bonds. The molecular weight excluding hydrogens is 342 g/mol. The maximum atomic E-state index is 5.84. The molecule has 0 saturated carbocycles.